The standard InChI is InChI=1S/C12H12ClNO2S/c1-7-3-8(2)5-9(4-7)16-12-14-11(13)10(6-15)17-12/h3-5,15H,6H2,1-2H3. The maximum atomic E-state index is 9.02. The van der Waals surface area contributed by atoms with Gasteiger partial charge in [-0.3, -0.25) is 0 Å². The lowest BCUT2D eigenvalue weighted by atomic mass is 10.1. The Balaban J connectivity index is 2.24. The number of aliphatic hydroxyl groups excluding tert-OH is 1. The average Bonchev–Trinajstić information content (AvgIpc) is 2.57. The van der Waals surface area contributed by atoms with Gasteiger partial charge in [0.05, 0.1) is 11.5 Å². The molecule has 0 spiro atoms. The molecule has 5 heteroatoms. The van der Waals surface area contributed by atoms with Crippen LogP contribution in [0.3, 0.4) is 0 Å². The molecule has 0 saturated heterocycles. The fourth-order valence-electron chi connectivity index (χ4n) is 1.55. The van der Waals surface area contributed by atoms with E-state index in [9.17, 15) is 0 Å². The number of benzene rings is 1. The van der Waals surface area contributed by atoms with E-state index in [0.29, 0.717) is 15.2 Å². The largest absolute Gasteiger partial charge is 0.431 e. The van der Waals surface area contributed by atoms with Gasteiger partial charge in [0.1, 0.15) is 10.9 Å². The van der Waals surface area contributed by atoms with Gasteiger partial charge < -0.3 is 9.84 Å². The summed E-state index contributed by atoms with van der Waals surface area (Å²) in [4.78, 5) is 4.65. The average molecular weight is 270 g/mol. The van der Waals surface area contributed by atoms with Gasteiger partial charge in [-0.2, -0.15) is 4.98 Å². The molecule has 0 aliphatic rings. The van der Waals surface area contributed by atoms with Crippen molar-refractivity contribution in [3.8, 4) is 10.9 Å². The first-order chi connectivity index (χ1) is 8.08. The highest BCUT2D eigenvalue weighted by molar-refractivity contribution is 7.13. The SMILES string of the molecule is Cc1cc(C)cc(Oc2nc(Cl)c(CO)s2)c1. The van der Waals surface area contributed by atoms with Crippen molar-refractivity contribution in [1.29, 1.82) is 0 Å². The molecule has 3 nitrogen and oxygen atoms in total. The Labute approximate surface area is 109 Å². The van der Waals surface area contributed by atoms with E-state index in [-0.39, 0.29) is 6.61 Å². The Morgan fingerprint density at radius 1 is 1.29 bits per heavy atom. The van der Waals surface area contributed by atoms with Crippen LogP contribution in [0.1, 0.15) is 16.0 Å². The van der Waals surface area contributed by atoms with Crippen molar-refractivity contribution >= 4 is 22.9 Å². The zero-order valence-corrected chi connectivity index (χ0v) is 11.1. The highest BCUT2D eigenvalue weighted by Gasteiger charge is 2.10. The molecule has 90 valence electrons. The van der Waals surface area contributed by atoms with Crippen molar-refractivity contribution in [2.45, 2.75) is 20.5 Å². The molecule has 1 aromatic heterocycles. The second kappa shape index (κ2) is 5.04. The molecule has 0 aliphatic carbocycles. The molecular formula is C12H12ClNO2S. The van der Waals surface area contributed by atoms with E-state index in [1.165, 1.54) is 11.3 Å². The summed E-state index contributed by atoms with van der Waals surface area (Å²) < 4.78 is 5.62. The third-order valence-corrected chi connectivity index (χ3v) is 3.52. The van der Waals surface area contributed by atoms with E-state index in [1.807, 2.05) is 26.0 Å². The van der Waals surface area contributed by atoms with Crippen LogP contribution in [0.2, 0.25) is 5.15 Å². The van der Waals surface area contributed by atoms with Crippen molar-refractivity contribution in [2.24, 2.45) is 0 Å². The van der Waals surface area contributed by atoms with Gasteiger partial charge in [0.25, 0.3) is 5.19 Å². The van der Waals surface area contributed by atoms with E-state index in [2.05, 4.69) is 11.1 Å². The second-order valence-electron chi connectivity index (χ2n) is 3.78. The van der Waals surface area contributed by atoms with Gasteiger partial charge in [-0.05, 0) is 37.1 Å². The Kier molecular flexibility index (Phi) is 3.66. The predicted octanol–water partition coefficient (Wildman–Crippen LogP) is 3.70. The van der Waals surface area contributed by atoms with Gasteiger partial charge in [-0.15, -0.1) is 0 Å². The summed E-state index contributed by atoms with van der Waals surface area (Å²) in [7, 11) is 0. The molecular weight excluding hydrogens is 258 g/mol. The highest BCUT2D eigenvalue weighted by Crippen LogP contribution is 2.32. The predicted molar refractivity (Wildman–Crippen MR) is 69.0 cm³/mol. The van der Waals surface area contributed by atoms with E-state index >= 15 is 0 Å². The lowest BCUT2D eigenvalue weighted by Gasteiger charge is -2.04. The maximum absolute atomic E-state index is 9.02. The summed E-state index contributed by atoms with van der Waals surface area (Å²) in [5, 5.41) is 9.77. The van der Waals surface area contributed by atoms with Crippen molar-refractivity contribution in [3.63, 3.8) is 0 Å². The number of aromatic nitrogens is 1. The Morgan fingerprint density at radius 2 is 1.94 bits per heavy atom. The highest BCUT2D eigenvalue weighted by atomic mass is 35.5. The van der Waals surface area contributed by atoms with Crippen LogP contribution in [0.4, 0.5) is 0 Å². The van der Waals surface area contributed by atoms with Crippen LogP contribution < -0.4 is 4.74 Å². The summed E-state index contributed by atoms with van der Waals surface area (Å²) in [6.07, 6.45) is 0. The molecule has 0 saturated carbocycles. The molecule has 0 unspecified atom stereocenters. The fourth-order valence-corrected chi connectivity index (χ4v) is 2.53. The van der Waals surface area contributed by atoms with Gasteiger partial charge in [0, 0.05) is 0 Å². The molecule has 0 fully saturated rings. The molecule has 0 radical (unpaired) electrons. The molecule has 1 aromatic carbocycles. The fraction of sp³-hybridized carbons (Fsp3) is 0.250. The summed E-state index contributed by atoms with van der Waals surface area (Å²) >= 11 is 7.08. The Hall–Kier alpha value is -1.10. The lowest BCUT2D eigenvalue weighted by Crippen LogP contribution is -1.85. The molecule has 17 heavy (non-hydrogen) atoms. The van der Waals surface area contributed by atoms with E-state index in [1.54, 1.807) is 0 Å². The lowest BCUT2D eigenvalue weighted by molar-refractivity contribution is 0.285. The zero-order valence-electron chi connectivity index (χ0n) is 9.53. The van der Waals surface area contributed by atoms with Gasteiger partial charge in [-0.1, -0.05) is 29.0 Å². The van der Waals surface area contributed by atoms with Crippen LogP contribution >= 0.6 is 22.9 Å². The van der Waals surface area contributed by atoms with Gasteiger partial charge in [0.15, 0.2) is 0 Å². The zero-order chi connectivity index (χ0) is 12.4. The molecule has 0 bridgehead atoms. The summed E-state index contributed by atoms with van der Waals surface area (Å²) in [6.45, 7) is 3.90. The number of aryl methyl sites for hydroxylation is 2. The minimum Gasteiger partial charge on any atom is -0.431 e. The number of hydrogen-bond acceptors (Lipinski definition) is 4. The summed E-state index contributed by atoms with van der Waals surface area (Å²) in [6, 6.07) is 5.93. The Bertz CT molecular complexity index is 519. The van der Waals surface area contributed by atoms with Crippen molar-refractivity contribution in [3.05, 3.63) is 39.4 Å². The first-order valence-electron chi connectivity index (χ1n) is 5.10. The first kappa shape index (κ1) is 12.4. The number of hydrogen-bond donors (Lipinski definition) is 1. The Morgan fingerprint density at radius 3 is 2.47 bits per heavy atom. The number of nitrogens with zero attached hydrogens (tertiary/aromatic N) is 1. The van der Waals surface area contributed by atoms with Crippen molar-refractivity contribution < 1.29 is 9.84 Å². The van der Waals surface area contributed by atoms with Crippen LogP contribution in [0.15, 0.2) is 18.2 Å². The van der Waals surface area contributed by atoms with Crippen LogP contribution in [-0.4, -0.2) is 10.1 Å². The molecule has 1 N–H and O–H groups in total. The topological polar surface area (TPSA) is 42.4 Å². The third-order valence-electron chi connectivity index (χ3n) is 2.17. The number of rotatable bonds is 3. The van der Waals surface area contributed by atoms with Gasteiger partial charge in [0.2, 0.25) is 0 Å². The minimum atomic E-state index is -0.118. The van der Waals surface area contributed by atoms with Gasteiger partial charge >= 0.3 is 0 Å². The summed E-state index contributed by atoms with van der Waals surface area (Å²) in [5.74, 6) is 0.734. The van der Waals surface area contributed by atoms with Crippen molar-refractivity contribution in [1.82, 2.24) is 4.98 Å². The van der Waals surface area contributed by atoms with E-state index in [0.717, 1.165) is 16.9 Å². The van der Waals surface area contributed by atoms with Crippen LogP contribution in [-0.2, 0) is 6.61 Å². The number of halogens is 1. The maximum Gasteiger partial charge on any atom is 0.280 e. The number of thiazole rings is 1. The molecule has 2 aromatic rings. The van der Waals surface area contributed by atoms with Crippen LogP contribution in [0.5, 0.6) is 10.9 Å². The molecule has 0 aliphatic heterocycles. The third kappa shape index (κ3) is 2.97. The van der Waals surface area contributed by atoms with Crippen LogP contribution in [0, 0.1) is 13.8 Å². The normalized spacial score (nSPS) is 10.6. The number of aliphatic hydroxyl groups is 1. The first-order valence-corrected chi connectivity index (χ1v) is 6.30. The monoisotopic (exact) mass is 269 g/mol. The quantitative estimate of drug-likeness (QED) is 0.924. The smallest absolute Gasteiger partial charge is 0.280 e. The number of ether oxygens (including phenoxy) is 1. The molecule has 0 amide bonds. The second-order valence-corrected chi connectivity index (χ2v) is 5.18. The van der Waals surface area contributed by atoms with Crippen LogP contribution in [0.25, 0.3) is 0 Å². The van der Waals surface area contributed by atoms with E-state index in [4.69, 9.17) is 21.4 Å². The summed E-state index contributed by atoms with van der Waals surface area (Å²) in [5.41, 5.74) is 2.26. The molecule has 2 rings (SSSR count). The minimum absolute atomic E-state index is 0.118. The van der Waals surface area contributed by atoms with Crippen molar-refractivity contribution in [2.75, 3.05) is 0 Å². The van der Waals surface area contributed by atoms with Gasteiger partial charge in [-0.25, -0.2) is 0 Å². The molecule has 1 heterocycles. The van der Waals surface area contributed by atoms with E-state index < -0.39 is 0 Å². The molecule has 0 atom stereocenters.